The van der Waals surface area contributed by atoms with E-state index in [1.165, 1.54) is 22.3 Å². The summed E-state index contributed by atoms with van der Waals surface area (Å²) in [5.74, 6) is 4.12. The summed E-state index contributed by atoms with van der Waals surface area (Å²) in [7, 11) is 2.01. The molecule has 0 aliphatic rings. The van der Waals surface area contributed by atoms with Crippen LogP contribution in [0, 0.1) is 41.4 Å². The lowest BCUT2D eigenvalue weighted by Gasteiger charge is -2.25. The first-order valence-corrected chi connectivity index (χ1v) is 44.0. The number of esters is 8. The number of hydrogen-bond acceptors (Lipinski definition) is 23. The number of hydrogen-bond donors (Lipinski definition) is 0. The molecule has 7 unspecified atom stereocenters. The van der Waals surface area contributed by atoms with Crippen molar-refractivity contribution in [2.75, 3.05) is 158 Å². The number of unbranched alkanes of at least 4 members (excludes halogenated alkanes) is 3. The molecule has 0 aromatic carbocycles. The first-order chi connectivity index (χ1) is 50.1. The average Bonchev–Trinajstić information content (AvgIpc) is 1.04. The van der Waals surface area contributed by atoms with Crippen molar-refractivity contribution in [3.05, 3.63) is 46.6 Å². The summed E-state index contributed by atoms with van der Waals surface area (Å²) in [4.78, 5) is 109. The SMILES string of the molecule is CC(C)=CCCCCCSCC(C)C(=O)OCCOC(=O)CCN(CCCN(C)CCCN(CCC(=O)OCCOC(=O)C(C)CSCCC(C)CCC=C(C)C)CCC(=O)OCCOC(=O)C(C)CSCCC(C)CCC=C(C)C)CCC(=O)OCCOC(=O)C(C)CSCCC(C)CCC=C(C)C. The molecule has 0 aliphatic heterocycles. The van der Waals surface area contributed by atoms with Crippen molar-refractivity contribution in [2.24, 2.45) is 41.4 Å². The summed E-state index contributed by atoms with van der Waals surface area (Å²) < 4.78 is 43.8. The Kier molecular flexibility index (Phi) is 64.4. The molecule has 0 aliphatic carbocycles. The lowest BCUT2D eigenvalue weighted by atomic mass is 10.0. The maximum atomic E-state index is 13.1. The van der Waals surface area contributed by atoms with Gasteiger partial charge >= 0.3 is 47.8 Å². The highest BCUT2D eigenvalue weighted by Gasteiger charge is 2.21. The fourth-order valence-electron chi connectivity index (χ4n) is 10.4. The number of ether oxygens (including phenoxy) is 8. The Bertz CT molecular complexity index is 2390. The van der Waals surface area contributed by atoms with Gasteiger partial charge in [-0.05, 0) is 219 Å². The maximum absolute atomic E-state index is 13.1. The Labute approximate surface area is 654 Å². The normalized spacial score (nSPS) is 13.3. The van der Waals surface area contributed by atoms with Gasteiger partial charge in [0.25, 0.3) is 0 Å². The van der Waals surface area contributed by atoms with Crippen LogP contribution in [-0.2, 0) is 76.3 Å². The van der Waals surface area contributed by atoms with Crippen molar-refractivity contribution >= 4 is 94.8 Å². The zero-order chi connectivity index (χ0) is 78.4. The molecule has 0 saturated carbocycles. The Morgan fingerprint density at radius 3 is 0.829 bits per heavy atom. The van der Waals surface area contributed by atoms with E-state index in [4.69, 9.17) is 37.9 Å². The van der Waals surface area contributed by atoms with Gasteiger partial charge in [0.1, 0.15) is 52.9 Å². The van der Waals surface area contributed by atoms with Crippen LogP contribution in [0.25, 0.3) is 0 Å². The van der Waals surface area contributed by atoms with E-state index < -0.39 is 23.9 Å². The van der Waals surface area contributed by atoms with E-state index in [1.54, 1.807) is 47.0 Å². The Morgan fingerprint density at radius 2 is 0.552 bits per heavy atom. The van der Waals surface area contributed by atoms with Crippen molar-refractivity contribution in [1.29, 1.82) is 0 Å². The molecule has 0 saturated heterocycles. The zero-order valence-electron chi connectivity index (χ0n) is 68.3. The van der Waals surface area contributed by atoms with Gasteiger partial charge in [0.05, 0.1) is 49.4 Å². The Balaban J connectivity index is 5.64. The van der Waals surface area contributed by atoms with Gasteiger partial charge in [0.2, 0.25) is 0 Å². The van der Waals surface area contributed by atoms with Crippen LogP contribution in [0.3, 0.4) is 0 Å². The molecule has 0 heterocycles. The highest BCUT2D eigenvalue weighted by Crippen LogP contribution is 2.22. The molecule has 7 atom stereocenters. The molecule has 23 heteroatoms. The lowest BCUT2D eigenvalue weighted by molar-refractivity contribution is -0.154. The first-order valence-electron chi connectivity index (χ1n) is 39.3. The molecular weight excluding hydrogens is 1410 g/mol. The van der Waals surface area contributed by atoms with E-state index >= 15 is 0 Å². The van der Waals surface area contributed by atoms with Crippen LogP contribution >= 0.6 is 47.0 Å². The molecule has 0 aromatic heterocycles. The predicted molar refractivity (Wildman–Crippen MR) is 437 cm³/mol. The molecule has 0 rings (SSSR count). The van der Waals surface area contributed by atoms with Crippen molar-refractivity contribution in [3.8, 4) is 0 Å². The highest BCUT2D eigenvalue weighted by molar-refractivity contribution is 7.99. The third kappa shape index (κ3) is 64.5. The van der Waals surface area contributed by atoms with Crippen LogP contribution in [0.2, 0.25) is 0 Å². The molecule has 0 aromatic rings. The van der Waals surface area contributed by atoms with Crippen LogP contribution in [-0.4, -0.2) is 221 Å². The number of rotatable bonds is 68. The monoisotopic (exact) mass is 1560 g/mol. The fourth-order valence-corrected chi connectivity index (χ4v) is 15.2. The third-order valence-electron chi connectivity index (χ3n) is 17.4. The number of allylic oxidation sites excluding steroid dienone is 8. The fraction of sp³-hybridized carbons (Fsp3) is 0.805. The van der Waals surface area contributed by atoms with Crippen LogP contribution in [0.1, 0.15) is 226 Å². The van der Waals surface area contributed by atoms with Crippen LogP contribution in [0.15, 0.2) is 46.6 Å². The molecule has 0 fully saturated rings. The third-order valence-corrected chi connectivity index (χ3v) is 22.5. The number of carbonyl (C=O) groups excluding carboxylic acids is 8. The van der Waals surface area contributed by atoms with Crippen molar-refractivity contribution < 1.29 is 76.3 Å². The molecule has 0 radical (unpaired) electrons. The van der Waals surface area contributed by atoms with E-state index in [1.807, 2.05) is 44.5 Å². The van der Waals surface area contributed by atoms with Crippen molar-refractivity contribution in [3.63, 3.8) is 0 Å². The van der Waals surface area contributed by atoms with Crippen LogP contribution in [0.4, 0.5) is 0 Å². The summed E-state index contributed by atoms with van der Waals surface area (Å²) in [6, 6.07) is 0. The Morgan fingerprint density at radius 1 is 0.295 bits per heavy atom. The summed E-state index contributed by atoms with van der Waals surface area (Å²) in [6.07, 6.45) is 25.1. The van der Waals surface area contributed by atoms with Crippen molar-refractivity contribution in [2.45, 2.75) is 226 Å². The first kappa shape index (κ1) is 101. The van der Waals surface area contributed by atoms with Gasteiger partial charge in [-0.25, -0.2) is 0 Å². The summed E-state index contributed by atoms with van der Waals surface area (Å²) in [5, 5.41) is 0. The van der Waals surface area contributed by atoms with Crippen LogP contribution in [0.5, 0.6) is 0 Å². The Hall–Kier alpha value is -4.00. The number of thioether (sulfide) groups is 4. The second kappa shape index (κ2) is 66.9. The van der Waals surface area contributed by atoms with Gasteiger partial charge in [-0.1, -0.05) is 101 Å². The minimum absolute atomic E-state index is 0.0411. The van der Waals surface area contributed by atoms with E-state index in [9.17, 15) is 38.4 Å². The second-order valence-corrected chi connectivity index (χ2v) is 34.1. The molecular formula is C82H145N3O16S4. The predicted octanol–water partition coefficient (Wildman–Crippen LogP) is 16.5. The lowest BCUT2D eigenvalue weighted by Crippen LogP contribution is -2.34. The molecule has 105 heavy (non-hydrogen) atoms. The average molecular weight is 1560 g/mol. The smallest absolute Gasteiger partial charge is 0.309 e. The molecule has 19 nitrogen and oxygen atoms in total. The van der Waals surface area contributed by atoms with E-state index in [-0.39, 0.29) is 126 Å². The highest BCUT2D eigenvalue weighted by atomic mass is 32.2. The van der Waals surface area contributed by atoms with Gasteiger partial charge < -0.3 is 52.6 Å². The number of carbonyl (C=O) groups is 8. The van der Waals surface area contributed by atoms with Crippen molar-refractivity contribution in [1.82, 2.24) is 14.7 Å². The van der Waals surface area contributed by atoms with Gasteiger partial charge in [-0.15, -0.1) is 0 Å². The molecule has 0 spiro atoms. The molecule has 0 N–H and O–H groups in total. The molecule has 608 valence electrons. The summed E-state index contributed by atoms with van der Waals surface area (Å²) in [5.41, 5.74) is 5.35. The molecule has 0 bridgehead atoms. The van der Waals surface area contributed by atoms with Gasteiger partial charge in [0, 0.05) is 49.2 Å². The van der Waals surface area contributed by atoms with E-state index in [0.717, 1.165) is 106 Å². The van der Waals surface area contributed by atoms with Crippen LogP contribution < -0.4 is 0 Å². The minimum atomic E-state index is -0.454. The maximum Gasteiger partial charge on any atom is 0.309 e. The van der Waals surface area contributed by atoms with Gasteiger partial charge in [0.15, 0.2) is 0 Å². The molecule has 0 amide bonds. The topological polar surface area (TPSA) is 220 Å². The second-order valence-electron chi connectivity index (χ2n) is 29.5. The van der Waals surface area contributed by atoms with Gasteiger partial charge in [-0.3, -0.25) is 38.4 Å². The zero-order valence-corrected chi connectivity index (χ0v) is 71.5. The van der Waals surface area contributed by atoms with E-state index in [2.05, 4.69) is 105 Å². The van der Waals surface area contributed by atoms with Gasteiger partial charge in [-0.2, -0.15) is 47.0 Å². The quantitative estimate of drug-likeness (QED) is 0.0239. The largest absolute Gasteiger partial charge is 0.462 e. The standard InChI is InChI=1S/C82H145N3O16S4/c1-64(2)26-19-17-18-20-56-102-60-71(12)79(90)98-52-48-94-75(86)33-44-84(45-34-76(87)95-49-53-99-80(91)72(13)61-103-57-37-68(9)30-21-27-65(3)4)42-24-40-83(16)41-25-43-85(46-35-77(88)96-50-54-100-81(92)73(14)62-104-58-38-69(10)31-22-28-66(5)6)47-36-78(89)97-51-55-101-82(93)74(15)63-105-59-39-70(11)32-23-29-67(7)8/h26-29,68-74H,17-25,30-63H2,1-16H3. The minimum Gasteiger partial charge on any atom is -0.462 e. The summed E-state index contributed by atoms with van der Waals surface area (Å²) >= 11 is 7.00. The van der Waals surface area contributed by atoms with E-state index in [0.29, 0.717) is 106 Å². The number of nitrogens with zero attached hydrogens (tertiary/aromatic N) is 3. The summed E-state index contributed by atoms with van der Waals surface area (Å²) in [6.45, 7) is 34.4.